The molecule has 0 saturated carbocycles. The summed E-state index contributed by atoms with van der Waals surface area (Å²) in [6.45, 7) is 1.79. The van der Waals surface area contributed by atoms with Crippen LogP contribution in [0.2, 0.25) is 0 Å². The summed E-state index contributed by atoms with van der Waals surface area (Å²) in [6, 6.07) is 3.63. The Labute approximate surface area is 118 Å². The molecule has 0 bridgehead atoms. The summed E-state index contributed by atoms with van der Waals surface area (Å²) in [6.07, 6.45) is 0.935. The van der Waals surface area contributed by atoms with Gasteiger partial charge in [0.15, 0.2) is 0 Å². The minimum Gasteiger partial charge on any atom is -0.392 e. The highest BCUT2D eigenvalue weighted by molar-refractivity contribution is 7.89. The lowest BCUT2D eigenvalue weighted by Gasteiger charge is -2.13. The lowest BCUT2D eigenvalue weighted by molar-refractivity contribution is 0.281. The van der Waals surface area contributed by atoms with Crippen molar-refractivity contribution < 1.29 is 17.9 Å². The molecule has 1 aromatic rings. The number of rotatable bonds is 5. The number of nitrogens with one attached hydrogen (secondary N) is 1. The van der Waals surface area contributed by atoms with Crippen LogP contribution in [0.3, 0.4) is 0 Å². The van der Waals surface area contributed by atoms with Gasteiger partial charge in [-0.05, 0) is 43.6 Å². The van der Waals surface area contributed by atoms with Gasteiger partial charge < -0.3 is 10.0 Å². The normalized spacial score (nSPS) is 20.4. The van der Waals surface area contributed by atoms with Gasteiger partial charge in [-0.15, -0.1) is 0 Å². The van der Waals surface area contributed by atoms with E-state index in [0.29, 0.717) is 12.1 Å². The van der Waals surface area contributed by atoms with Gasteiger partial charge in [0, 0.05) is 13.1 Å². The molecule has 0 aliphatic carbocycles. The fraction of sp³-hybridized carbons (Fsp3) is 0.538. The SMILES string of the molecule is CN1CCC(CNS(=O)(=O)c2ccc(CO)cc2F)C1. The maximum atomic E-state index is 13.8. The third-order valence-corrected chi connectivity index (χ3v) is 4.98. The number of benzene rings is 1. The van der Waals surface area contributed by atoms with Crippen LogP contribution in [0, 0.1) is 11.7 Å². The van der Waals surface area contributed by atoms with Gasteiger partial charge in [-0.25, -0.2) is 17.5 Å². The van der Waals surface area contributed by atoms with E-state index in [1.807, 2.05) is 7.05 Å². The van der Waals surface area contributed by atoms with Gasteiger partial charge in [0.2, 0.25) is 10.0 Å². The van der Waals surface area contributed by atoms with Crippen molar-refractivity contribution in [2.24, 2.45) is 5.92 Å². The topological polar surface area (TPSA) is 69.6 Å². The third kappa shape index (κ3) is 3.54. The minimum atomic E-state index is -3.85. The lowest BCUT2D eigenvalue weighted by Crippen LogP contribution is -2.31. The van der Waals surface area contributed by atoms with Crippen LogP contribution >= 0.6 is 0 Å². The average molecular weight is 302 g/mol. The maximum Gasteiger partial charge on any atom is 0.243 e. The summed E-state index contributed by atoms with van der Waals surface area (Å²) in [7, 11) is -1.86. The molecule has 0 radical (unpaired) electrons. The van der Waals surface area contributed by atoms with E-state index in [4.69, 9.17) is 5.11 Å². The second-order valence-electron chi connectivity index (χ2n) is 5.19. The van der Waals surface area contributed by atoms with Crippen molar-refractivity contribution in [3.63, 3.8) is 0 Å². The molecular weight excluding hydrogens is 283 g/mol. The van der Waals surface area contributed by atoms with Gasteiger partial charge in [-0.3, -0.25) is 0 Å². The first-order valence-electron chi connectivity index (χ1n) is 6.50. The van der Waals surface area contributed by atoms with Crippen LogP contribution in [0.5, 0.6) is 0 Å². The Morgan fingerprint density at radius 2 is 2.25 bits per heavy atom. The van der Waals surface area contributed by atoms with E-state index >= 15 is 0 Å². The summed E-state index contributed by atoms with van der Waals surface area (Å²) in [4.78, 5) is 1.76. The standard InChI is InChI=1S/C13H19FN2O3S/c1-16-5-4-11(8-16)7-15-20(18,19)13-3-2-10(9-17)6-12(13)14/h2-3,6,11,15,17H,4-5,7-9H2,1H3. The predicted octanol–water partition coefficient (Wildman–Crippen LogP) is 0.548. The molecule has 5 nitrogen and oxygen atoms in total. The first kappa shape index (κ1) is 15.4. The molecule has 1 fully saturated rings. The molecular formula is C13H19FN2O3S. The number of aliphatic hydroxyl groups excluding tert-OH is 1. The molecule has 1 aliphatic rings. The molecule has 1 unspecified atom stereocenters. The summed E-state index contributed by atoms with van der Waals surface area (Å²) in [5.41, 5.74) is 0.346. The fourth-order valence-corrected chi connectivity index (χ4v) is 3.53. The van der Waals surface area contributed by atoms with E-state index in [2.05, 4.69) is 9.62 Å². The zero-order chi connectivity index (χ0) is 14.8. The van der Waals surface area contributed by atoms with Crippen molar-refractivity contribution in [3.05, 3.63) is 29.6 Å². The molecule has 1 saturated heterocycles. The first-order valence-corrected chi connectivity index (χ1v) is 7.98. The van der Waals surface area contributed by atoms with Crippen molar-refractivity contribution in [3.8, 4) is 0 Å². The van der Waals surface area contributed by atoms with Crippen molar-refractivity contribution >= 4 is 10.0 Å². The van der Waals surface area contributed by atoms with E-state index in [0.717, 1.165) is 25.6 Å². The summed E-state index contributed by atoms with van der Waals surface area (Å²) in [5, 5.41) is 8.89. The van der Waals surface area contributed by atoms with Gasteiger partial charge in [0.25, 0.3) is 0 Å². The zero-order valence-corrected chi connectivity index (χ0v) is 12.2. The van der Waals surface area contributed by atoms with E-state index in [1.165, 1.54) is 12.1 Å². The average Bonchev–Trinajstić information content (AvgIpc) is 2.82. The van der Waals surface area contributed by atoms with Gasteiger partial charge in [0.05, 0.1) is 6.61 Å². The van der Waals surface area contributed by atoms with Crippen LogP contribution in [0.15, 0.2) is 23.1 Å². The largest absolute Gasteiger partial charge is 0.392 e. The third-order valence-electron chi connectivity index (χ3n) is 3.52. The highest BCUT2D eigenvalue weighted by Gasteiger charge is 2.24. The number of hydrogen-bond acceptors (Lipinski definition) is 4. The minimum absolute atomic E-state index is 0.259. The molecule has 20 heavy (non-hydrogen) atoms. The number of likely N-dealkylation sites (tertiary alicyclic amines) is 1. The Hall–Kier alpha value is -1.02. The van der Waals surface area contributed by atoms with Crippen molar-refractivity contribution in [1.82, 2.24) is 9.62 Å². The van der Waals surface area contributed by atoms with Crippen LogP contribution in [-0.4, -0.2) is 45.1 Å². The monoisotopic (exact) mass is 302 g/mol. The Balaban J connectivity index is 2.06. The van der Waals surface area contributed by atoms with Crippen molar-refractivity contribution in [2.45, 2.75) is 17.9 Å². The van der Waals surface area contributed by atoms with Crippen LogP contribution in [0.25, 0.3) is 0 Å². The smallest absolute Gasteiger partial charge is 0.243 e. The van der Waals surface area contributed by atoms with Crippen LogP contribution in [-0.2, 0) is 16.6 Å². The molecule has 1 aliphatic heterocycles. The molecule has 1 atom stereocenters. The van der Waals surface area contributed by atoms with Gasteiger partial charge in [-0.2, -0.15) is 0 Å². The zero-order valence-electron chi connectivity index (χ0n) is 11.3. The van der Waals surface area contributed by atoms with E-state index in [9.17, 15) is 12.8 Å². The Bertz CT molecular complexity index is 577. The summed E-state index contributed by atoms with van der Waals surface area (Å²) < 4.78 is 40.3. The number of hydrogen-bond donors (Lipinski definition) is 2. The van der Waals surface area contributed by atoms with Crippen molar-refractivity contribution in [1.29, 1.82) is 0 Å². The quantitative estimate of drug-likeness (QED) is 0.833. The second-order valence-corrected chi connectivity index (χ2v) is 6.93. The lowest BCUT2D eigenvalue weighted by atomic mass is 10.1. The predicted molar refractivity (Wildman–Crippen MR) is 73.1 cm³/mol. The molecule has 2 rings (SSSR count). The number of sulfonamides is 1. The molecule has 1 aromatic carbocycles. The molecule has 1 heterocycles. The van der Waals surface area contributed by atoms with Gasteiger partial charge in [0.1, 0.15) is 10.7 Å². The van der Waals surface area contributed by atoms with Crippen LogP contribution in [0.1, 0.15) is 12.0 Å². The molecule has 0 spiro atoms. The van der Waals surface area contributed by atoms with E-state index < -0.39 is 15.8 Å². The summed E-state index contributed by atoms with van der Waals surface area (Å²) >= 11 is 0. The van der Waals surface area contributed by atoms with Gasteiger partial charge >= 0.3 is 0 Å². The van der Waals surface area contributed by atoms with E-state index in [-0.39, 0.29) is 17.4 Å². The molecule has 0 amide bonds. The maximum absolute atomic E-state index is 13.8. The van der Waals surface area contributed by atoms with E-state index in [1.54, 1.807) is 0 Å². The van der Waals surface area contributed by atoms with Crippen molar-refractivity contribution in [2.75, 3.05) is 26.7 Å². The molecule has 2 N–H and O–H groups in total. The Morgan fingerprint density at radius 3 is 2.80 bits per heavy atom. The highest BCUT2D eigenvalue weighted by atomic mass is 32.2. The summed E-state index contributed by atoms with van der Waals surface area (Å²) in [5.74, 6) is -0.581. The molecule has 112 valence electrons. The second kappa shape index (κ2) is 6.17. The van der Waals surface area contributed by atoms with Crippen LogP contribution in [0.4, 0.5) is 4.39 Å². The highest BCUT2D eigenvalue weighted by Crippen LogP contribution is 2.18. The first-order chi connectivity index (χ1) is 9.42. The van der Waals surface area contributed by atoms with Crippen LogP contribution < -0.4 is 4.72 Å². The Morgan fingerprint density at radius 1 is 1.50 bits per heavy atom. The molecule has 7 heteroatoms. The number of halogens is 1. The number of aliphatic hydroxyl groups is 1. The van der Waals surface area contributed by atoms with Gasteiger partial charge in [-0.1, -0.05) is 6.07 Å². The molecule has 0 aromatic heterocycles. The fourth-order valence-electron chi connectivity index (χ4n) is 2.36. The number of nitrogens with zero attached hydrogens (tertiary/aromatic N) is 1. The Kier molecular flexibility index (Phi) is 4.74.